The summed E-state index contributed by atoms with van der Waals surface area (Å²) in [5.41, 5.74) is -0.499. The van der Waals surface area contributed by atoms with E-state index >= 15 is 0 Å². The van der Waals surface area contributed by atoms with Gasteiger partial charge in [0.05, 0.1) is 11.5 Å². The number of nitrogens with zero attached hydrogens (tertiary/aromatic N) is 2. The molecule has 6 nitrogen and oxygen atoms in total. The lowest BCUT2D eigenvalue weighted by Gasteiger charge is -2.30. The Balaban J connectivity index is 1.64. The van der Waals surface area contributed by atoms with E-state index in [9.17, 15) is 22.8 Å². The third-order valence-corrected chi connectivity index (χ3v) is 4.45. The fraction of sp³-hybridized carbons (Fsp3) is 0.316. The van der Waals surface area contributed by atoms with Crippen LogP contribution in [-0.2, 0) is 11.0 Å². The lowest BCUT2D eigenvalue weighted by atomic mass is 9.97. The van der Waals surface area contributed by atoms with E-state index in [4.69, 9.17) is 9.84 Å². The fourth-order valence-electron chi connectivity index (χ4n) is 2.94. The van der Waals surface area contributed by atoms with Gasteiger partial charge >= 0.3 is 12.1 Å². The van der Waals surface area contributed by atoms with Crippen molar-refractivity contribution in [1.82, 2.24) is 9.88 Å². The fourth-order valence-corrected chi connectivity index (χ4v) is 2.94. The molecule has 1 unspecified atom stereocenters. The maximum absolute atomic E-state index is 12.5. The molecule has 28 heavy (non-hydrogen) atoms. The summed E-state index contributed by atoms with van der Waals surface area (Å²) >= 11 is 0. The highest BCUT2D eigenvalue weighted by Gasteiger charge is 2.31. The molecule has 1 aromatic carbocycles. The summed E-state index contributed by atoms with van der Waals surface area (Å²) in [4.78, 5) is 28.8. The number of halogens is 3. The number of alkyl halides is 3. The topological polar surface area (TPSA) is 79.7 Å². The van der Waals surface area contributed by atoms with E-state index in [0.717, 1.165) is 12.1 Å². The first-order valence-electron chi connectivity index (χ1n) is 8.57. The van der Waals surface area contributed by atoms with Gasteiger partial charge in [-0.15, -0.1) is 0 Å². The van der Waals surface area contributed by atoms with Crippen LogP contribution in [0.3, 0.4) is 0 Å². The van der Waals surface area contributed by atoms with Crippen molar-refractivity contribution < 1.29 is 32.6 Å². The Morgan fingerprint density at radius 2 is 1.86 bits per heavy atom. The van der Waals surface area contributed by atoms with Crippen LogP contribution in [0.1, 0.15) is 28.8 Å². The van der Waals surface area contributed by atoms with Crippen molar-refractivity contribution in [3.8, 4) is 11.6 Å². The molecule has 1 aliphatic rings. The molecule has 1 atom stereocenters. The van der Waals surface area contributed by atoms with Gasteiger partial charge in [0.15, 0.2) is 0 Å². The van der Waals surface area contributed by atoms with Gasteiger partial charge < -0.3 is 14.7 Å². The monoisotopic (exact) mass is 394 g/mol. The van der Waals surface area contributed by atoms with Crippen LogP contribution in [0.5, 0.6) is 11.6 Å². The van der Waals surface area contributed by atoms with Crippen LogP contribution in [0.2, 0.25) is 0 Å². The number of hydrogen-bond acceptors (Lipinski definition) is 4. The normalized spacial score (nSPS) is 17.2. The second-order valence-electron chi connectivity index (χ2n) is 6.44. The van der Waals surface area contributed by atoms with Gasteiger partial charge in [0.2, 0.25) is 5.88 Å². The minimum atomic E-state index is -4.47. The lowest BCUT2D eigenvalue weighted by Crippen LogP contribution is -2.42. The molecule has 2 aromatic rings. The zero-order valence-corrected chi connectivity index (χ0v) is 14.6. The van der Waals surface area contributed by atoms with Crippen molar-refractivity contribution in [2.45, 2.75) is 19.0 Å². The molecule has 1 saturated heterocycles. The Labute approximate surface area is 158 Å². The number of carbonyl (C=O) groups excluding carboxylic acids is 1. The van der Waals surface area contributed by atoms with E-state index in [-0.39, 0.29) is 18.3 Å². The Kier molecular flexibility index (Phi) is 5.53. The van der Waals surface area contributed by atoms with Gasteiger partial charge in [-0.2, -0.15) is 13.2 Å². The van der Waals surface area contributed by atoms with Crippen LogP contribution in [0.25, 0.3) is 0 Å². The first-order valence-corrected chi connectivity index (χ1v) is 8.57. The van der Waals surface area contributed by atoms with Gasteiger partial charge in [-0.3, -0.25) is 9.59 Å². The van der Waals surface area contributed by atoms with Crippen molar-refractivity contribution in [2.75, 3.05) is 13.1 Å². The Morgan fingerprint density at radius 1 is 1.14 bits per heavy atom. The first-order chi connectivity index (χ1) is 13.2. The number of piperidine rings is 1. The predicted octanol–water partition coefficient (Wildman–Crippen LogP) is 3.83. The van der Waals surface area contributed by atoms with E-state index in [1.54, 1.807) is 0 Å². The van der Waals surface area contributed by atoms with Crippen molar-refractivity contribution in [2.24, 2.45) is 5.92 Å². The van der Waals surface area contributed by atoms with Gasteiger partial charge in [-0.1, -0.05) is 0 Å². The number of likely N-dealkylation sites (tertiary alicyclic amines) is 1. The third-order valence-electron chi connectivity index (χ3n) is 4.45. The summed E-state index contributed by atoms with van der Waals surface area (Å²) in [5, 5.41) is 9.12. The molecule has 0 saturated carbocycles. The van der Waals surface area contributed by atoms with Crippen molar-refractivity contribution in [3.63, 3.8) is 0 Å². The average molecular weight is 394 g/mol. The molecule has 1 aliphatic heterocycles. The Morgan fingerprint density at radius 3 is 2.43 bits per heavy atom. The average Bonchev–Trinajstić information content (AvgIpc) is 2.68. The van der Waals surface area contributed by atoms with Crippen molar-refractivity contribution >= 4 is 11.9 Å². The molecule has 9 heteroatoms. The lowest BCUT2D eigenvalue weighted by molar-refractivity contribution is -0.143. The number of pyridine rings is 1. The second kappa shape index (κ2) is 7.87. The van der Waals surface area contributed by atoms with Gasteiger partial charge in [-0.25, -0.2) is 4.98 Å². The van der Waals surface area contributed by atoms with Gasteiger partial charge in [0.25, 0.3) is 5.91 Å². The maximum atomic E-state index is 12.5. The number of amides is 1. The molecule has 3 rings (SSSR count). The third kappa shape index (κ3) is 4.59. The van der Waals surface area contributed by atoms with E-state index in [0.29, 0.717) is 36.9 Å². The number of carboxylic acids is 1. The number of rotatable bonds is 4. The van der Waals surface area contributed by atoms with E-state index < -0.39 is 23.6 Å². The highest BCUT2D eigenvalue weighted by atomic mass is 19.4. The molecule has 1 amide bonds. The summed E-state index contributed by atoms with van der Waals surface area (Å²) < 4.78 is 43.0. The molecule has 2 heterocycles. The van der Waals surface area contributed by atoms with Gasteiger partial charge in [0, 0.05) is 30.9 Å². The highest BCUT2D eigenvalue weighted by Crippen LogP contribution is 2.30. The molecule has 0 radical (unpaired) electrons. The largest absolute Gasteiger partial charge is 0.481 e. The van der Waals surface area contributed by atoms with E-state index in [1.165, 1.54) is 29.2 Å². The molecule has 1 fully saturated rings. The Hall–Kier alpha value is -3.10. The van der Waals surface area contributed by atoms with Crippen LogP contribution < -0.4 is 4.74 Å². The first kappa shape index (κ1) is 19.7. The molecule has 0 aliphatic carbocycles. The summed E-state index contributed by atoms with van der Waals surface area (Å²) in [6.45, 7) is 0.665. The number of benzene rings is 1. The standard InChI is InChI=1S/C19H17F3N2O4/c20-19(21,22)14-5-8-16(23-10-14)28-15-6-3-12(4-7-15)17(25)24-9-1-2-13(11-24)18(26)27/h3-8,10,13H,1-2,9,11H2,(H,26,27). The number of hydrogen-bond donors (Lipinski definition) is 1. The molecule has 1 N–H and O–H groups in total. The highest BCUT2D eigenvalue weighted by molar-refractivity contribution is 5.94. The minimum Gasteiger partial charge on any atom is -0.481 e. The SMILES string of the molecule is O=C(O)C1CCCN(C(=O)c2ccc(Oc3ccc(C(F)(F)F)cn3)cc2)C1. The zero-order valence-electron chi connectivity index (χ0n) is 14.6. The number of aliphatic carboxylic acids is 1. The maximum Gasteiger partial charge on any atom is 0.417 e. The van der Waals surface area contributed by atoms with Crippen LogP contribution >= 0.6 is 0 Å². The minimum absolute atomic E-state index is 0.00703. The van der Waals surface area contributed by atoms with Crippen LogP contribution in [0.4, 0.5) is 13.2 Å². The molecule has 148 valence electrons. The predicted molar refractivity (Wildman–Crippen MR) is 92.0 cm³/mol. The van der Waals surface area contributed by atoms with Crippen LogP contribution in [-0.4, -0.2) is 40.0 Å². The molecule has 0 spiro atoms. The van der Waals surface area contributed by atoms with Gasteiger partial charge in [-0.05, 0) is 43.2 Å². The number of carboxylic acid groups (broad SMARTS) is 1. The number of ether oxygens (including phenoxy) is 1. The summed E-state index contributed by atoms with van der Waals surface area (Å²) in [6.07, 6.45) is -2.61. The van der Waals surface area contributed by atoms with Gasteiger partial charge in [0.1, 0.15) is 5.75 Å². The Bertz CT molecular complexity index is 851. The zero-order chi connectivity index (χ0) is 20.3. The molecule has 1 aromatic heterocycles. The van der Waals surface area contributed by atoms with Crippen LogP contribution in [0, 0.1) is 5.92 Å². The summed E-state index contributed by atoms with van der Waals surface area (Å²) in [6, 6.07) is 8.03. The smallest absolute Gasteiger partial charge is 0.417 e. The van der Waals surface area contributed by atoms with E-state index in [1.807, 2.05) is 0 Å². The van der Waals surface area contributed by atoms with Crippen molar-refractivity contribution in [3.05, 3.63) is 53.7 Å². The van der Waals surface area contributed by atoms with E-state index in [2.05, 4.69) is 4.98 Å². The molecular formula is C19H17F3N2O4. The second-order valence-corrected chi connectivity index (χ2v) is 6.44. The summed E-state index contributed by atoms with van der Waals surface area (Å²) in [7, 11) is 0. The molecule has 0 bridgehead atoms. The molecular weight excluding hydrogens is 377 g/mol. The quantitative estimate of drug-likeness (QED) is 0.853. The number of carbonyl (C=O) groups is 2. The van der Waals surface area contributed by atoms with Crippen molar-refractivity contribution in [1.29, 1.82) is 0 Å². The number of aromatic nitrogens is 1. The van der Waals surface area contributed by atoms with Crippen LogP contribution in [0.15, 0.2) is 42.6 Å². The summed E-state index contributed by atoms with van der Waals surface area (Å²) in [5.74, 6) is -1.44.